The molecular weight excluding hydrogens is 236 g/mol. The number of rotatable bonds is 9. The summed E-state index contributed by atoms with van der Waals surface area (Å²) in [6, 6.07) is 0. The van der Waals surface area contributed by atoms with Crippen molar-refractivity contribution in [2.24, 2.45) is 11.3 Å². The van der Waals surface area contributed by atoms with E-state index in [0.717, 1.165) is 31.9 Å². The predicted molar refractivity (Wildman–Crippen MR) is 80.1 cm³/mol. The van der Waals surface area contributed by atoms with Crippen molar-refractivity contribution in [1.82, 2.24) is 20.1 Å². The minimum Gasteiger partial charge on any atom is -0.316 e. The van der Waals surface area contributed by atoms with E-state index >= 15 is 0 Å². The van der Waals surface area contributed by atoms with Crippen LogP contribution >= 0.6 is 0 Å². The van der Waals surface area contributed by atoms with Crippen molar-refractivity contribution in [1.29, 1.82) is 0 Å². The van der Waals surface area contributed by atoms with E-state index in [1.54, 1.807) is 6.33 Å². The Balaban J connectivity index is 2.64. The lowest BCUT2D eigenvalue weighted by molar-refractivity contribution is 0.261. The van der Waals surface area contributed by atoms with Crippen LogP contribution in [0, 0.1) is 11.3 Å². The molecule has 1 unspecified atom stereocenters. The molecule has 1 heterocycles. The van der Waals surface area contributed by atoms with E-state index in [0.29, 0.717) is 5.92 Å². The van der Waals surface area contributed by atoms with Crippen LogP contribution in [0.25, 0.3) is 0 Å². The van der Waals surface area contributed by atoms with E-state index in [1.165, 1.54) is 12.8 Å². The first kappa shape index (κ1) is 16.2. The second kappa shape index (κ2) is 7.63. The molecule has 0 aromatic carbocycles. The highest BCUT2D eigenvalue weighted by Gasteiger charge is 2.25. The Morgan fingerprint density at radius 2 is 2.11 bits per heavy atom. The summed E-state index contributed by atoms with van der Waals surface area (Å²) in [5, 5.41) is 7.88. The van der Waals surface area contributed by atoms with Crippen molar-refractivity contribution in [3.63, 3.8) is 0 Å². The van der Waals surface area contributed by atoms with Gasteiger partial charge >= 0.3 is 0 Å². The average molecular weight is 266 g/mol. The highest BCUT2D eigenvalue weighted by atomic mass is 15.3. The molecule has 4 heteroatoms. The lowest BCUT2D eigenvalue weighted by atomic mass is 9.81. The van der Waals surface area contributed by atoms with Gasteiger partial charge in [-0.25, -0.2) is 4.98 Å². The van der Waals surface area contributed by atoms with Gasteiger partial charge in [-0.05, 0) is 31.2 Å². The van der Waals surface area contributed by atoms with Crippen molar-refractivity contribution >= 4 is 0 Å². The Labute approximate surface area is 118 Å². The summed E-state index contributed by atoms with van der Waals surface area (Å²) in [6.07, 6.45) is 5.10. The third kappa shape index (κ3) is 5.31. The second-order valence-electron chi connectivity index (χ2n) is 6.25. The van der Waals surface area contributed by atoms with Gasteiger partial charge in [0, 0.05) is 19.5 Å². The van der Waals surface area contributed by atoms with E-state index in [2.05, 4.69) is 50.0 Å². The van der Waals surface area contributed by atoms with E-state index in [4.69, 9.17) is 0 Å². The van der Waals surface area contributed by atoms with Crippen molar-refractivity contribution in [2.45, 2.75) is 60.4 Å². The van der Waals surface area contributed by atoms with Gasteiger partial charge in [0.2, 0.25) is 0 Å². The van der Waals surface area contributed by atoms with Gasteiger partial charge in [-0.15, -0.1) is 0 Å². The topological polar surface area (TPSA) is 42.7 Å². The molecule has 19 heavy (non-hydrogen) atoms. The van der Waals surface area contributed by atoms with Gasteiger partial charge in [0.25, 0.3) is 0 Å². The molecule has 0 aliphatic carbocycles. The predicted octanol–water partition coefficient (Wildman–Crippen LogP) is 2.89. The van der Waals surface area contributed by atoms with Crippen molar-refractivity contribution in [3.05, 3.63) is 12.2 Å². The SMILES string of the molecule is CCCC(C)(CNCC(C)C)Cc1ncnn1CC. The van der Waals surface area contributed by atoms with Gasteiger partial charge in [-0.2, -0.15) is 5.10 Å². The van der Waals surface area contributed by atoms with Gasteiger partial charge in [-0.1, -0.05) is 34.1 Å². The molecule has 1 atom stereocenters. The zero-order valence-corrected chi connectivity index (χ0v) is 13.2. The molecule has 0 fully saturated rings. The summed E-state index contributed by atoms with van der Waals surface area (Å²) in [7, 11) is 0. The molecule has 0 saturated heterocycles. The highest BCUT2D eigenvalue weighted by molar-refractivity contribution is 4.93. The van der Waals surface area contributed by atoms with Gasteiger partial charge in [0.15, 0.2) is 0 Å². The lowest BCUT2D eigenvalue weighted by Gasteiger charge is -2.30. The van der Waals surface area contributed by atoms with Crippen LogP contribution in [0.3, 0.4) is 0 Å². The minimum atomic E-state index is 0.267. The monoisotopic (exact) mass is 266 g/mol. The summed E-state index contributed by atoms with van der Waals surface area (Å²) >= 11 is 0. The summed E-state index contributed by atoms with van der Waals surface area (Å²) in [5.74, 6) is 1.81. The summed E-state index contributed by atoms with van der Waals surface area (Å²) in [5.41, 5.74) is 0.267. The Hall–Kier alpha value is -0.900. The number of nitrogens with one attached hydrogen (secondary N) is 1. The Morgan fingerprint density at radius 1 is 1.37 bits per heavy atom. The van der Waals surface area contributed by atoms with Gasteiger partial charge < -0.3 is 5.32 Å². The standard InChI is InChI=1S/C15H30N4/c1-6-8-15(5,11-16-10-13(3)4)9-14-17-12-18-19(14)7-2/h12-13,16H,6-11H2,1-5H3. The maximum atomic E-state index is 4.42. The first-order valence-electron chi connectivity index (χ1n) is 7.58. The van der Waals surface area contributed by atoms with Crippen molar-refractivity contribution in [3.8, 4) is 0 Å². The molecule has 1 rings (SSSR count). The molecule has 0 bridgehead atoms. The number of hydrogen-bond donors (Lipinski definition) is 1. The Kier molecular flexibility index (Phi) is 6.49. The number of aromatic nitrogens is 3. The number of aryl methyl sites for hydroxylation is 1. The summed E-state index contributed by atoms with van der Waals surface area (Å²) < 4.78 is 2.01. The van der Waals surface area contributed by atoms with Crippen molar-refractivity contribution in [2.75, 3.05) is 13.1 Å². The van der Waals surface area contributed by atoms with Crippen LogP contribution in [0.5, 0.6) is 0 Å². The molecule has 4 nitrogen and oxygen atoms in total. The molecule has 0 saturated carbocycles. The van der Waals surface area contributed by atoms with Gasteiger partial charge in [-0.3, -0.25) is 4.68 Å². The van der Waals surface area contributed by atoms with E-state index in [-0.39, 0.29) is 5.41 Å². The third-order valence-corrected chi connectivity index (χ3v) is 3.54. The fourth-order valence-corrected chi connectivity index (χ4v) is 2.58. The Morgan fingerprint density at radius 3 is 2.68 bits per heavy atom. The highest BCUT2D eigenvalue weighted by Crippen LogP contribution is 2.26. The second-order valence-corrected chi connectivity index (χ2v) is 6.25. The van der Waals surface area contributed by atoms with Crippen LogP contribution in [0.1, 0.15) is 53.3 Å². The fraction of sp³-hybridized carbons (Fsp3) is 0.867. The molecule has 0 spiro atoms. The molecule has 110 valence electrons. The van der Waals surface area contributed by atoms with Crippen LogP contribution in [-0.4, -0.2) is 27.9 Å². The largest absolute Gasteiger partial charge is 0.316 e. The Bertz CT molecular complexity index is 359. The molecule has 0 radical (unpaired) electrons. The molecular formula is C15H30N4. The van der Waals surface area contributed by atoms with Gasteiger partial charge in [0.1, 0.15) is 12.2 Å². The lowest BCUT2D eigenvalue weighted by Crippen LogP contribution is -2.36. The third-order valence-electron chi connectivity index (χ3n) is 3.54. The molecule has 0 aliphatic heterocycles. The van der Waals surface area contributed by atoms with E-state index in [9.17, 15) is 0 Å². The first-order valence-corrected chi connectivity index (χ1v) is 7.58. The van der Waals surface area contributed by atoms with Crippen molar-refractivity contribution < 1.29 is 0 Å². The molecule has 1 aromatic rings. The van der Waals surface area contributed by atoms with E-state index in [1.807, 2.05) is 4.68 Å². The molecule has 1 N–H and O–H groups in total. The maximum absolute atomic E-state index is 4.42. The molecule has 0 amide bonds. The van der Waals surface area contributed by atoms with Crippen LogP contribution < -0.4 is 5.32 Å². The zero-order valence-electron chi connectivity index (χ0n) is 13.2. The summed E-state index contributed by atoms with van der Waals surface area (Å²) in [6.45, 7) is 14.3. The average Bonchev–Trinajstić information content (AvgIpc) is 2.75. The number of nitrogens with zero attached hydrogens (tertiary/aromatic N) is 3. The van der Waals surface area contributed by atoms with Crippen LogP contribution in [0.15, 0.2) is 6.33 Å². The van der Waals surface area contributed by atoms with Crippen LogP contribution in [0.4, 0.5) is 0 Å². The smallest absolute Gasteiger partial charge is 0.138 e. The quantitative estimate of drug-likeness (QED) is 0.747. The normalized spacial score (nSPS) is 14.8. The minimum absolute atomic E-state index is 0.267. The van der Waals surface area contributed by atoms with Crippen LogP contribution in [-0.2, 0) is 13.0 Å². The molecule has 0 aliphatic rings. The fourth-order valence-electron chi connectivity index (χ4n) is 2.58. The first-order chi connectivity index (χ1) is 9.00. The summed E-state index contributed by atoms with van der Waals surface area (Å²) in [4.78, 5) is 4.42. The maximum Gasteiger partial charge on any atom is 0.138 e. The number of hydrogen-bond acceptors (Lipinski definition) is 3. The molecule has 1 aromatic heterocycles. The van der Waals surface area contributed by atoms with E-state index < -0.39 is 0 Å². The zero-order chi connectivity index (χ0) is 14.3. The van der Waals surface area contributed by atoms with Gasteiger partial charge in [0.05, 0.1) is 0 Å². The van der Waals surface area contributed by atoms with Crippen LogP contribution in [0.2, 0.25) is 0 Å².